The second-order valence-electron chi connectivity index (χ2n) is 8.85. The minimum Gasteiger partial charge on any atom is -0.396 e. The van der Waals surface area contributed by atoms with Crippen molar-refractivity contribution in [1.82, 2.24) is 0 Å². The van der Waals surface area contributed by atoms with E-state index in [0.717, 1.165) is 28.0 Å². The molecule has 1 fully saturated rings. The van der Waals surface area contributed by atoms with Crippen LogP contribution in [0.25, 0.3) is 4.91 Å². The largest absolute Gasteiger partial charge is 0.396 e. The van der Waals surface area contributed by atoms with Crippen LogP contribution in [0.4, 0.5) is 13.2 Å². The minimum absolute atomic E-state index is 0.159. The zero-order valence-corrected chi connectivity index (χ0v) is 18.9. The van der Waals surface area contributed by atoms with Crippen molar-refractivity contribution in [2.75, 3.05) is 6.61 Å². The molecule has 0 aromatic heterocycles. The zero-order valence-electron chi connectivity index (χ0n) is 18.0. The van der Waals surface area contributed by atoms with Gasteiger partial charge in [-0.1, -0.05) is 36.4 Å². The molecule has 33 heavy (non-hydrogen) atoms. The van der Waals surface area contributed by atoms with Gasteiger partial charge in [-0.15, -0.1) is 11.8 Å². The predicted molar refractivity (Wildman–Crippen MR) is 122 cm³/mol. The fourth-order valence-corrected chi connectivity index (χ4v) is 6.04. The molecular weight excluding hydrogens is 453 g/mol. The van der Waals surface area contributed by atoms with Crippen LogP contribution >= 0.6 is 11.8 Å². The number of halogens is 3. The van der Waals surface area contributed by atoms with E-state index in [4.69, 9.17) is 0 Å². The molecule has 1 aliphatic carbocycles. The fraction of sp³-hybridized carbons (Fsp3) is 0.440. The van der Waals surface area contributed by atoms with Crippen molar-refractivity contribution in [1.29, 1.82) is 0 Å². The van der Waals surface area contributed by atoms with Crippen LogP contribution in [0.5, 0.6) is 0 Å². The van der Waals surface area contributed by atoms with Crippen LogP contribution in [0.3, 0.4) is 0 Å². The molecule has 4 nitrogen and oxygen atoms in total. The van der Waals surface area contributed by atoms with E-state index in [0.29, 0.717) is 6.42 Å². The van der Waals surface area contributed by atoms with Gasteiger partial charge in [0.05, 0.1) is 30.7 Å². The Morgan fingerprint density at radius 3 is 2.36 bits per heavy atom. The second-order valence-corrected chi connectivity index (χ2v) is 10.2. The first kappa shape index (κ1) is 24.3. The van der Waals surface area contributed by atoms with Crippen molar-refractivity contribution in [2.45, 2.75) is 55.2 Å². The van der Waals surface area contributed by atoms with Crippen LogP contribution in [0.15, 0.2) is 48.5 Å². The Labute approximate surface area is 194 Å². The molecule has 2 aromatic carbocycles. The van der Waals surface area contributed by atoms with Crippen LogP contribution in [-0.2, 0) is 6.42 Å². The normalized spacial score (nSPS) is 31.5. The molecule has 6 atom stereocenters. The Hall–Kier alpha value is -1.84. The molecule has 1 saturated carbocycles. The number of rotatable bonds is 5. The maximum Gasteiger partial charge on any atom is 0.264 e. The van der Waals surface area contributed by atoms with Crippen LogP contribution in [0.2, 0.25) is 0 Å². The van der Waals surface area contributed by atoms with Crippen molar-refractivity contribution in [2.24, 2.45) is 5.92 Å². The van der Waals surface area contributed by atoms with E-state index in [-0.39, 0.29) is 16.6 Å². The SMILES string of the molecule is Cc1ccc([C@H]2[C@H](O)[C@@H](O)[C@H](O)[C@@H](CO)C2(F)F)cc1CC1CC=C(c2ccc(F)cc2)S1. The summed E-state index contributed by atoms with van der Waals surface area (Å²) < 4.78 is 43.5. The molecule has 1 heterocycles. The number of benzene rings is 2. The van der Waals surface area contributed by atoms with Gasteiger partial charge in [-0.2, -0.15) is 0 Å². The van der Waals surface area contributed by atoms with E-state index in [1.807, 2.05) is 6.92 Å². The van der Waals surface area contributed by atoms with Gasteiger partial charge in [-0.25, -0.2) is 13.2 Å². The van der Waals surface area contributed by atoms with Crippen LogP contribution < -0.4 is 0 Å². The topological polar surface area (TPSA) is 80.9 Å². The molecule has 0 spiro atoms. The molecule has 0 amide bonds. The smallest absolute Gasteiger partial charge is 0.264 e. The average molecular weight is 481 g/mol. The lowest BCUT2D eigenvalue weighted by Crippen LogP contribution is -2.61. The lowest BCUT2D eigenvalue weighted by molar-refractivity contribution is -0.232. The monoisotopic (exact) mass is 480 g/mol. The lowest BCUT2D eigenvalue weighted by Gasteiger charge is -2.46. The maximum atomic E-state index is 15.2. The van der Waals surface area contributed by atoms with Crippen molar-refractivity contribution in [3.05, 3.63) is 76.6 Å². The number of hydrogen-bond donors (Lipinski definition) is 4. The summed E-state index contributed by atoms with van der Waals surface area (Å²) >= 11 is 1.65. The standard InChI is InChI=1S/C25H27F3O4S/c1-13-2-3-15(21-23(31)24(32)22(30)19(12-29)25(21,27)28)10-16(13)11-18-8-9-20(33-18)14-4-6-17(26)7-5-14/h2-7,9-10,18-19,21-24,29-32H,8,11-12H2,1H3/t18?,19-,21+,22-,23+,24+/m1/s1. The van der Waals surface area contributed by atoms with Gasteiger partial charge in [-0.3, -0.25) is 0 Å². The number of hydrogen-bond acceptors (Lipinski definition) is 5. The third kappa shape index (κ3) is 4.59. The first-order chi connectivity index (χ1) is 15.6. The van der Waals surface area contributed by atoms with E-state index in [9.17, 15) is 24.8 Å². The van der Waals surface area contributed by atoms with Crippen molar-refractivity contribution >= 4 is 16.7 Å². The summed E-state index contributed by atoms with van der Waals surface area (Å²) in [6.07, 6.45) is -2.11. The summed E-state index contributed by atoms with van der Waals surface area (Å²) in [5, 5.41) is 40.1. The van der Waals surface area contributed by atoms with Crippen LogP contribution in [-0.4, -0.2) is 56.5 Å². The Bertz CT molecular complexity index is 1030. The first-order valence-electron chi connectivity index (χ1n) is 10.9. The van der Waals surface area contributed by atoms with Gasteiger partial charge < -0.3 is 20.4 Å². The van der Waals surface area contributed by atoms with Crippen molar-refractivity contribution < 1.29 is 33.6 Å². The lowest BCUT2D eigenvalue weighted by atomic mass is 9.69. The number of thioether (sulfide) groups is 1. The number of allylic oxidation sites excluding steroid dienone is 1. The summed E-state index contributed by atoms with van der Waals surface area (Å²) in [7, 11) is 0. The van der Waals surface area contributed by atoms with Crippen LogP contribution in [0.1, 0.15) is 34.6 Å². The van der Waals surface area contributed by atoms with E-state index in [2.05, 4.69) is 6.08 Å². The highest BCUT2D eigenvalue weighted by Crippen LogP contribution is 2.49. The Balaban J connectivity index is 1.55. The van der Waals surface area contributed by atoms with E-state index >= 15 is 8.78 Å². The number of aliphatic hydroxyl groups excluding tert-OH is 4. The molecule has 0 saturated heterocycles. The van der Waals surface area contributed by atoms with Crippen LogP contribution in [0, 0.1) is 18.7 Å². The molecule has 178 valence electrons. The molecule has 0 radical (unpaired) electrons. The fourth-order valence-electron chi connectivity index (χ4n) is 4.76. The maximum absolute atomic E-state index is 15.2. The highest BCUT2D eigenvalue weighted by molar-refractivity contribution is 8.09. The summed E-state index contributed by atoms with van der Waals surface area (Å²) in [6.45, 7) is 0.876. The molecule has 2 aliphatic rings. The summed E-state index contributed by atoms with van der Waals surface area (Å²) in [5.41, 5.74) is 2.86. The predicted octanol–water partition coefficient (Wildman–Crippen LogP) is 3.65. The second kappa shape index (κ2) is 9.43. The highest BCUT2D eigenvalue weighted by atomic mass is 32.2. The third-order valence-electron chi connectivity index (χ3n) is 6.73. The van der Waals surface area contributed by atoms with Gasteiger partial charge in [0.1, 0.15) is 11.9 Å². The van der Waals surface area contributed by atoms with Gasteiger partial charge in [0.25, 0.3) is 5.92 Å². The van der Waals surface area contributed by atoms with Gasteiger partial charge in [-0.05, 0) is 54.2 Å². The quantitative estimate of drug-likeness (QED) is 0.526. The Morgan fingerprint density at radius 1 is 1.00 bits per heavy atom. The van der Waals surface area contributed by atoms with Gasteiger partial charge >= 0.3 is 0 Å². The summed E-state index contributed by atoms with van der Waals surface area (Å²) in [4.78, 5) is 1.05. The van der Waals surface area contributed by atoms with E-state index in [1.54, 1.807) is 36.0 Å². The zero-order chi connectivity index (χ0) is 23.9. The molecule has 1 aliphatic heterocycles. The first-order valence-corrected chi connectivity index (χ1v) is 11.8. The van der Waals surface area contributed by atoms with Gasteiger partial charge in [0.2, 0.25) is 0 Å². The number of alkyl halides is 2. The molecule has 8 heteroatoms. The summed E-state index contributed by atoms with van der Waals surface area (Å²) in [6, 6.07) is 11.1. The molecule has 2 aromatic rings. The molecular formula is C25H27F3O4S. The third-order valence-corrected chi connectivity index (χ3v) is 8.08. The van der Waals surface area contributed by atoms with Gasteiger partial charge in [0, 0.05) is 10.2 Å². The number of aliphatic hydroxyl groups is 4. The van der Waals surface area contributed by atoms with E-state index < -0.39 is 42.7 Å². The molecule has 1 unspecified atom stereocenters. The highest BCUT2D eigenvalue weighted by Gasteiger charge is 2.60. The Kier molecular flexibility index (Phi) is 6.94. The molecule has 4 N–H and O–H groups in total. The average Bonchev–Trinajstić information content (AvgIpc) is 3.23. The molecule has 4 rings (SSSR count). The van der Waals surface area contributed by atoms with Crippen molar-refractivity contribution in [3.63, 3.8) is 0 Å². The summed E-state index contributed by atoms with van der Waals surface area (Å²) in [5.74, 6) is -7.54. The van der Waals surface area contributed by atoms with Gasteiger partial charge in [0.15, 0.2) is 0 Å². The number of aryl methyl sites for hydroxylation is 1. The molecule has 0 bridgehead atoms. The van der Waals surface area contributed by atoms with Crippen molar-refractivity contribution in [3.8, 4) is 0 Å². The Morgan fingerprint density at radius 2 is 1.70 bits per heavy atom. The van der Waals surface area contributed by atoms with E-state index in [1.165, 1.54) is 18.2 Å². The minimum atomic E-state index is -3.61.